The molecule has 8 nitrogen and oxygen atoms in total. The van der Waals surface area contributed by atoms with Crippen molar-refractivity contribution in [3.63, 3.8) is 0 Å². The number of nitrogens with one attached hydrogen (secondary N) is 1. The molecule has 5 rings (SSSR count). The molecule has 1 aromatic heterocycles. The molecule has 3 atom stereocenters. The van der Waals surface area contributed by atoms with Crippen LogP contribution in [0.5, 0.6) is 0 Å². The summed E-state index contributed by atoms with van der Waals surface area (Å²) in [6.45, 7) is 7.60. The van der Waals surface area contributed by atoms with E-state index in [2.05, 4.69) is 32.0 Å². The van der Waals surface area contributed by atoms with E-state index in [4.69, 9.17) is 11.6 Å². The molecular formula is C27H37ClN6O2. The lowest BCUT2D eigenvalue weighted by molar-refractivity contribution is -0.133. The molecule has 2 N–H and O–H groups in total. The van der Waals surface area contributed by atoms with Gasteiger partial charge in [0.1, 0.15) is 12.1 Å². The number of hydrogen-bond donors (Lipinski definition) is 2. The normalized spacial score (nSPS) is 24.1. The molecule has 9 heteroatoms. The van der Waals surface area contributed by atoms with Crippen molar-refractivity contribution >= 4 is 23.3 Å². The molecule has 2 aliphatic heterocycles. The average Bonchev–Trinajstić information content (AvgIpc) is 3.21. The van der Waals surface area contributed by atoms with Crippen LogP contribution in [0.4, 0.5) is 5.82 Å². The Hall–Kier alpha value is -2.26. The number of fused-ring (bicyclic) bond motifs is 1. The third kappa shape index (κ3) is 5.23. The van der Waals surface area contributed by atoms with Gasteiger partial charge in [-0.3, -0.25) is 4.79 Å². The van der Waals surface area contributed by atoms with Gasteiger partial charge in [0.2, 0.25) is 5.91 Å². The number of benzene rings is 1. The Kier molecular flexibility index (Phi) is 7.76. The van der Waals surface area contributed by atoms with E-state index in [1.165, 1.54) is 0 Å². The van der Waals surface area contributed by atoms with Gasteiger partial charge in [-0.2, -0.15) is 0 Å². The van der Waals surface area contributed by atoms with Crippen LogP contribution < -0.4 is 10.2 Å². The third-order valence-corrected chi connectivity index (χ3v) is 8.43. The molecule has 2 aromatic rings. The van der Waals surface area contributed by atoms with E-state index < -0.39 is 6.10 Å². The number of carbonyl (C=O) groups is 1. The van der Waals surface area contributed by atoms with Gasteiger partial charge in [0.15, 0.2) is 0 Å². The van der Waals surface area contributed by atoms with Gasteiger partial charge in [0.25, 0.3) is 0 Å². The van der Waals surface area contributed by atoms with Crippen molar-refractivity contribution in [2.24, 2.45) is 0 Å². The van der Waals surface area contributed by atoms with E-state index in [0.29, 0.717) is 30.6 Å². The highest BCUT2D eigenvalue weighted by atomic mass is 35.5. The molecule has 194 valence electrons. The Bertz CT molecular complexity index is 1050. The molecule has 0 spiro atoms. The molecule has 0 saturated carbocycles. The fourth-order valence-electron chi connectivity index (χ4n) is 6.00. The van der Waals surface area contributed by atoms with Crippen LogP contribution in [0, 0.1) is 0 Å². The summed E-state index contributed by atoms with van der Waals surface area (Å²) in [6, 6.07) is 8.32. The van der Waals surface area contributed by atoms with Gasteiger partial charge in [0, 0.05) is 49.4 Å². The number of amides is 1. The first-order chi connectivity index (χ1) is 17.4. The van der Waals surface area contributed by atoms with E-state index in [-0.39, 0.29) is 17.7 Å². The molecule has 1 aromatic carbocycles. The van der Waals surface area contributed by atoms with E-state index in [1.807, 2.05) is 36.2 Å². The van der Waals surface area contributed by atoms with Crippen LogP contribution in [0.15, 0.2) is 30.6 Å². The molecular weight excluding hydrogens is 476 g/mol. The predicted molar refractivity (Wildman–Crippen MR) is 142 cm³/mol. The van der Waals surface area contributed by atoms with Gasteiger partial charge in [-0.25, -0.2) is 9.97 Å². The molecule has 0 unspecified atom stereocenters. The van der Waals surface area contributed by atoms with Gasteiger partial charge in [0.05, 0.1) is 17.7 Å². The average molecular weight is 513 g/mol. The third-order valence-electron chi connectivity index (χ3n) is 8.18. The number of nitrogens with zero attached hydrogens (tertiary/aromatic N) is 5. The summed E-state index contributed by atoms with van der Waals surface area (Å²) in [5.41, 5.74) is 2.85. The molecule has 2 saturated heterocycles. The monoisotopic (exact) mass is 512 g/mol. The van der Waals surface area contributed by atoms with Crippen LogP contribution in [0.2, 0.25) is 5.02 Å². The molecule has 2 fully saturated rings. The number of halogens is 1. The fraction of sp³-hybridized carbons (Fsp3) is 0.593. The minimum Gasteiger partial charge on any atom is -0.387 e. The summed E-state index contributed by atoms with van der Waals surface area (Å²) in [4.78, 5) is 29.5. The van der Waals surface area contributed by atoms with Crippen molar-refractivity contribution in [3.05, 3.63) is 52.4 Å². The Morgan fingerprint density at radius 3 is 2.47 bits per heavy atom. The highest BCUT2D eigenvalue weighted by Crippen LogP contribution is 2.42. The van der Waals surface area contributed by atoms with Crippen LogP contribution in [0.1, 0.15) is 60.9 Å². The van der Waals surface area contributed by atoms with Crippen molar-refractivity contribution < 1.29 is 9.90 Å². The van der Waals surface area contributed by atoms with Crippen LogP contribution in [0.3, 0.4) is 0 Å². The molecule has 3 heterocycles. The van der Waals surface area contributed by atoms with Crippen molar-refractivity contribution in [3.8, 4) is 0 Å². The Balaban J connectivity index is 1.28. The largest absolute Gasteiger partial charge is 0.387 e. The van der Waals surface area contributed by atoms with E-state index >= 15 is 0 Å². The highest BCUT2D eigenvalue weighted by Gasteiger charge is 2.35. The standard InChI is InChI=1S/C27H37ClN6O2/c1-18-15-23(35)25-24(18)26(31-17-30-25)33-11-13-34(14-12-33)27(36)22(19-3-5-20(28)6-4-19)16-32-9-7-21(29-2)8-10-32/h3-6,17-18,21-23,29,35H,7-16H2,1-2H3/t18-,22-,23-/m1/s1. The number of aliphatic hydroxyl groups excluding tert-OH is 1. The number of carbonyl (C=O) groups excluding carboxylic acids is 1. The van der Waals surface area contributed by atoms with Crippen LogP contribution in [-0.4, -0.2) is 89.7 Å². The molecule has 1 amide bonds. The number of hydrogen-bond acceptors (Lipinski definition) is 7. The molecule has 36 heavy (non-hydrogen) atoms. The number of rotatable bonds is 6. The van der Waals surface area contributed by atoms with Crippen molar-refractivity contribution in [2.75, 3.05) is 57.8 Å². The summed E-state index contributed by atoms with van der Waals surface area (Å²) in [5.74, 6) is 1.12. The number of aliphatic hydroxyl groups is 1. The van der Waals surface area contributed by atoms with Gasteiger partial charge in [-0.05, 0) is 63.0 Å². The SMILES string of the molecule is CNC1CCN(C[C@@H](C(=O)N2CCN(c3ncnc4c3[C@H](C)C[C@H]4O)CC2)c2ccc(Cl)cc2)CC1. The van der Waals surface area contributed by atoms with Crippen LogP contribution in [-0.2, 0) is 4.79 Å². The van der Waals surface area contributed by atoms with E-state index in [9.17, 15) is 9.90 Å². The van der Waals surface area contributed by atoms with Crippen LogP contribution >= 0.6 is 11.6 Å². The summed E-state index contributed by atoms with van der Waals surface area (Å²) in [7, 11) is 2.03. The van der Waals surface area contributed by atoms with E-state index in [1.54, 1.807) is 6.33 Å². The van der Waals surface area contributed by atoms with E-state index in [0.717, 1.165) is 68.2 Å². The molecule has 0 bridgehead atoms. The number of likely N-dealkylation sites (tertiary alicyclic amines) is 1. The quantitative estimate of drug-likeness (QED) is 0.615. The second-order valence-electron chi connectivity index (χ2n) is 10.4. The zero-order valence-corrected chi connectivity index (χ0v) is 22.0. The second-order valence-corrected chi connectivity index (χ2v) is 10.9. The highest BCUT2D eigenvalue weighted by molar-refractivity contribution is 6.30. The zero-order valence-electron chi connectivity index (χ0n) is 21.2. The first kappa shape index (κ1) is 25.4. The van der Waals surface area contributed by atoms with Gasteiger partial charge < -0.3 is 25.1 Å². The van der Waals surface area contributed by atoms with Gasteiger partial charge in [-0.1, -0.05) is 30.7 Å². The number of piperazine rings is 1. The topological polar surface area (TPSA) is 84.8 Å². The fourth-order valence-corrected chi connectivity index (χ4v) is 6.12. The Morgan fingerprint density at radius 1 is 1.11 bits per heavy atom. The van der Waals surface area contributed by atoms with Crippen molar-refractivity contribution in [1.29, 1.82) is 0 Å². The van der Waals surface area contributed by atoms with Crippen molar-refractivity contribution in [2.45, 2.75) is 50.2 Å². The Labute approximate surface area is 218 Å². The minimum absolute atomic E-state index is 0.185. The number of aromatic nitrogens is 2. The Morgan fingerprint density at radius 2 is 1.81 bits per heavy atom. The maximum Gasteiger partial charge on any atom is 0.231 e. The lowest BCUT2D eigenvalue weighted by Crippen LogP contribution is -2.52. The first-order valence-electron chi connectivity index (χ1n) is 13.2. The summed E-state index contributed by atoms with van der Waals surface area (Å²) >= 11 is 6.16. The minimum atomic E-state index is -0.516. The maximum absolute atomic E-state index is 13.9. The second kappa shape index (κ2) is 11.0. The zero-order chi connectivity index (χ0) is 25.2. The molecule has 1 aliphatic carbocycles. The molecule has 0 radical (unpaired) electrons. The predicted octanol–water partition coefficient (Wildman–Crippen LogP) is 2.79. The number of anilines is 1. The first-order valence-corrected chi connectivity index (χ1v) is 13.5. The lowest BCUT2D eigenvalue weighted by Gasteiger charge is -2.39. The van der Waals surface area contributed by atoms with Gasteiger partial charge >= 0.3 is 0 Å². The smallest absolute Gasteiger partial charge is 0.231 e. The van der Waals surface area contributed by atoms with Crippen LogP contribution in [0.25, 0.3) is 0 Å². The summed E-state index contributed by atoms with van der Waals surface area (Å²) in [6.07, 6.45) is 3.94. The maximum atomic E-state index is 13.9. The summed E-state index contributed by atoms with van der Waals surface area (Å²) < 4.78 is 0. The lowest BCUT2D eigenvalue weighted by atomic mass is 9.95. The summed E-state index contributed by atoms with van der Waals surface area (Å²) in [5, 5.41) is 14.4. The number of piperidine rings is 1. The molecule has 3 aliphatic rings. The van der Waals surface area contributed by atoms with Gasteiger partial charge in [-0.15, -0.1) is 0 Å². The van der Waals surface area contributed by atoms with Crippen molar-refractivity contribution in [1.82, 2.24) is 25.1 Å².